The second kappa shape index (κ2) is 4.25. The summed E-state index contributed by atoms with van der Waals surface area (Å²) < 4.78 is 5.66. The zero-order chi connectivity index (χ0) is 11.7. The molecule has 0 aliphatic carbocycles. The van der Waals surface area contributed by atoms with Gasteiger partial charge in [0.2, 0.25) is 0 Å². The lowest BCUT2D eigenvalue weighted by molar-refractivity contribution is 0.0280. The summed E-state index contributed by atoms with van der Waals surface area (Å²) in [6.45, 7) is 2.17. The highest BCUT2D eigenvalue weighted by Crippen LogP contribution is 2.51. The molecule has 2 unspecified atom stereocenters. The zero-order valence-corrected chi connectivity index (χ0v) is 10.8. The summed E-state index contributed by atoms with van der Waals surface area (Å²) >= 11 is 0. The Morgan fingerprint density at radius 2 is 1.53 bits per heavy atom. The third kappa shape index (κ3) is 2.01. The van der Waals surface area contributed by atoms with Gasteiger partial charge < -0.3 is 4.74 Å². The van der Waals surface area contributed by atoms with Crippen LogP contribution in [0.1, 0.15) is 12.5 Å². The molecule has 1 nitrogen and oxygen atoms in total. The van der Waals surface area contributed by atoms with Gasteiger partial charge >= 0.3 is 0 Å². The van der Waals surface area contributed by atoms with Crippen LogP contribution in [0, 0.1) is 0 Å². The van der Waals surface area contributed by atoms with E-state index in [1.165, 1.54) is 16.7 Å². The van der Waals surface area contributed by atoms with Crippen LogP contribution in [-0.4, -0.2) is 6.35 Å². The molecule has 3 rings (SSSR count). The van der Waals surface area contributed by atoms with Crippen LogP contribution in [0.2, 0.25) is 0 Å². The van der Waals surface area contributed by atoms with Gasteiger partial charge in [0.1, 0.15) is 5.34 Å². The normalized spacial score (nSPS) is 24.5. The molecule has 1 saturated heterocycles. The molecule has 1 aliphatic heterocycles. The molecule has 0 aromatic heterocycles. The van der Waals surface area contributed by atoms with Gasteiger partial charge in [0.25, 0.3) is 0 Å². The molecule has 1 aliphatic rings. The first-order chi connectivity index (χ1) is 8.28. The Morgan fingerprint density at radius 1 is 0.941 bits per heavy atom. The van der Waals surface area contributed by atoms with Crippen molar-refractivity contribution in [1.82, 2.24) is 0 Å². The van der Waals surface area contributed by atoms with E-state index in [9.17, 15) is 0 Å². The van der Waals surface area contributed by atoms with Gasteiger partial charge in [-0.25, -0.2) is 0 Å². The predicted octanol–water partition coefficient (Wildman–Crippen LogP) is 4.19. The number of hydrogen-bond acceptors (Lipinski definition) is 1. The van der Waals surface area contributed by atoms with Crippen LogP contribution >= 0.6 is 8.58 Å². The highest BCUT2D eigenvalue weighted by molar-refractivity contribution is 7.40. The van der Waals surface area contributed by atoms with Crippen molar-refractivity contribution in [2.24, 2.45) is 0 Å². The third-order valence-electron chi connectivity index (χ3n) is 3.31. The molecular weight excluding hydrogens is 227 g/mol. The van der Waals surface area contributed by atoms with Crippen molar-refractivity contribution < 1.29 is 4.74 Å². The average molecular weight is 242 g/mol. The van der Waals surface area contributed by atoms with E-state index in [2.05, 4.69) is 55.5 Å². The Labute approximate surface area is 104 Å². The zero-order valence-electron chi connectivity index (χ0n) is 9.81. The van der Waals surface area contributed by atoms with Gasteiger partial charge in [-0.05, 0) is 23.6 Å². The van der Waals surface area contributed by atoms with E-state index in [1.54, 1.807) is 0 Å². The van der Waals surface area contributed by atoms with Gasteiger partial charge in [-0.15, -0.1) is 0 Å². The first-order valence-corrected chi connectivity index (χ1v) is 7.04. The van der Waals surface area contributed by atoms with Crippen molar-refractivity contribution in [3.8, 4) is 11.1 Å². The second-order valence-corrected chi connectivity index (χ2v) is 6.04. The first-order valence-electron chi connectivity index (χ1n) is 5.83. The third-order valence-corrected chi connectivity index (χ3v) is 4.71. The summed E-state index contributed by atoms with van der Waals surface area (Å²) in [5.74, 6) is 0. The monoisotopic (exact) mass is 242 g/mol. The van der Waals surface area contributed by atoms with Gasteiger partial charge in [0.05, 0.1) is 6.35 Å². The van der Waals surface area contributed by atoms with Crippen LogP contribution in [0.15, 0.2) is 54.6 Å². The van der Waals surface area contributed by atoms with Crippen LogP contribution in [0.5, 0.6) is 0 Å². The lowest BCUT2D eigenvalue weighted by Gasteiger charge is -2.39. The molecule has 0 saturated carbocycles. The average Bonchev–Trinajstić information content (AvgIpc) is 2.37. The molecule has 17 heavy (non-hydrogen) atoms. The SMILES string of the molecule is CC1(c2ccc(-c3ccccc3)cc2)OCP1. The number of ether oxygens (including phenoxy) is 1. The molecule has 1 heterocycles. The van der Waals surface area contributed by atoms with Crippen molar-refractivity contribution in [3.05, 3.63) is 60.2 Å². The number of hydrogen-bond donors (Lipinski definition) is 0. The van der Waals surface area contributed by atoms with Crippen molar-refractivity contribution in [1.29, 1.82) is 0 Å². The molecule has 2 aromatic rings. The molecule has 0 amide bonds. The molecule has 2 atom stereocenters. The minimum Gasteiger partial charge on any atom is -0.362 e. The van der Waals surface area contributed by atoms with E-state index in [0.717, 1.165) is 14.9 Å². The van der Waals surface area contributed by atoms with Crippen LogP contribution in [-0.2, 0) is 10.1 Å². The minimum absolute atomic E-state index is 0.0186. The maximum atomic E-state index is 5.66. The van der Waals surface area contributed by atoms with Gasteiger partial charge in [-0.3, -0.25) is 0 Å². The van der Waals surface area contributed by atoms with Gasteiger partial charge in [0, 0.05) is 0 Å². The highest BCUT2D eigenvalue weighted by Gasteiger charge is 2.34. The Kier molecular flexibility index (Phi) is 2.74. The van der Waals surface area contributed by atoms with E-state index in [1.807, 2.05) is 6.07 Å². The van der Waals surface area contributed by atoms with E-state index in [0.29, 0.717) is 0 Å². The smallest absolute Gasteiger partial charge is 0.109 e. The molecule has 0 N–H and O–H groups in total. The van der Waals surface area contributed by atoms with Crippen molar-refractivity contribution in [3.63, 3.8) is 0 Å². The van der Waals surface area contributed by atoms with E-state index in [-0.39, 0.29) is 5.34 Å². The fourth-order valence-electron chi connectivity index (χ4n) is 2.09. The van der Waals surface area contributed by atoms with Gasteiger partial charge in [0.15, 0.2) is 0 Å². The number of rotatable bonds is 2. The maximum absolute atomic E-state index is 5.66. The molecule has 86 valence electrons. The molecule has 0 radical (unpaired) electrons. The summed E-state index contributed by atoms with van der Waals surface area (Å²) in [4.78, 5) is 0. The Bertz CT molecular complexity index is 500. The lowest BCUT2D eigenvalue weighted by atomic mass is 10.0. The summed E-state index contributed by atoms with van der Waals surface area (Å²) in [6.07, 6.45) is 0.914. The topological polar surface area (TPSA) is 9.23 Å². The Balaban J connectivity index is 1.90. The summed E-state index contributed by atoms with van der Waals surface area (Å²) in [5, 5.41) is -0.0186. The molecule has 0 spiro atoms. The van der Waals surface area contributed by atoms with Gasteiger partial charge in [-0.1, -0.05) is 63.2 Å². The summed E-state index contributed by atoms with van der Waals surface area (Å²) in [7, 11) is 0.884. The van der Waals surface area contributed by atoms with Gasteiger partial charge in [-0.2, -0.15) is 0 Å². The van der Waals surface area contributed by atoms with Crippen molar-refractivity contribution in [2.75, 3.05) is 6.35 Å². The van der Waals surface area contributed by atoms with Crippen LogP contribution < -0.4 is 0 Å². The maximum Gasteiger partial charge on any atom is 0.109 e. The standard InChI is InChI=1S/C15H15OP/c1-15(16-11-17-15)14-9-7-13(8-10-14)12-5-3-2-4-6-12/h2-10,17H,11H2,1H3. The minimum atomic E-state index is -0.0186. The van der Waals surface area contributed by atoms with Crippen molar-refractivity contribution >= 4 is 8.58 Å². The summed E-state index contributed by atoms with van der Waals surface area (Å²) in [6, 6.07) is 19.2. The fraction of sp³-hybridized carbons (Fsp3) is 0.200. The van der Waals surface area contributed by atoms with Crippen molar-refractivity contribution in [2.45, 2.75) is 12.3 Å². The Morgan fingerprint density at radius 3 is 2.06 bits per heavy atom. The van der Waals surface area contributed by atoms with E-state index >= 15 is 0 Å². The quantitative estimate of drug-likeness (QED) is 0.717. The van der Waals surface area contributed by atoms with Crippen LogP contribution in [0.3, 0.4) is 0 Å². The molecule has 2 heteroatoms. The van der Waals surface area contributed by atoms with E-state index < -0.39 is 0 Å². The van der Waals surface area contributed by atoms with Crippen LogP contribution in [0.4, 0.5) is 0 Å². The van der Waals surface area contributed by atoms with Crippen LogP contribution in [0.25, 0.3) is 11.1 Å². The predicted molar refractivity (Wildman–Crippen MR) is 73.5 cm³/mol. The summed E-state index contributed by atoms with van der Waals surface area (Å²) in [5.41, 5.74) is 3.82. The Hall–Kier alpha value is -1.17. The second-order valence-electron chi connectivity index (χ2n) is 4.44. The first kappa shape index (κ1) is 11.0. The van der Waals surface area contributed by atoms with E-state index in [4.69, 9.17) is 4.74 Å². The molecule has 1 fully saturated rings. The molecule has 2 aromatic carbocycles. The highest BCUT2D eigenvalue weighted by atomic mass is 31.1. The number of benzene rings is 2. The largest absolute Gasteiger partial charge is 0.362 e. The molecular formula is C15H15OP. The fourth-order valence-corrected chi connectivity index (χ4v) is 3.03. The lowest BCUT2D eigenvalue weighted by Crippen LogP contribution is -2.29. The molecule has 0 bridgehead atoms.